The molecule has 0 aliphatic carbocycles. The zero-order chi connectivity index (χ0) is 13.7. The first-order valence-corrected chi connectivity index (χ1v) is 7.15. The number of aryl methyl sites for hydroxylation is 1. The number of hydrogen-bond donors (Lipinski definition) is 2. The molecule has 0 spiro atoms. The molecular formula is C13H18N4OS. The van der Waals surface area contributed by atoms with Crippen LogP contribution in [-0.2, 0) is 17.9 Å². The molecule has 0 aromatic carbocycles. The smallest absolute Gasteiger partial charge is 0.240 e. The zero-order valence-electron chi connectivity index (χ0n) is 10.9. The average molecular weight is 278 g/mol. The van der Waals surface area contributed by atoms with Crippen LogP contribution in [-0.4, -0.2) is 15.5 Å². The minimum Gasteiger partial charge on any atom is -0.368 e. The molecule has 2 heterocycles. The molecule has 0 aliphatic rings. The van der Waals surface area contributed by atoms with Crippen LogP contribution in [0.4, 0.5) is 0 Å². The van der Waals surface area contributed by atoms with Gasteiger partial charge in [0.2, 0.25) is 5.91 Å². The lowest BCUT2D eigenvalue weighted by Crippen LogP contribution is -2.34. The van der Waals surface area contributed by atoms with Crippen molar-refractivity contribution < 1.29 is 4.79 Å². The summed E-state index contributed by atoms with van der Waals surface area (Å²) < 4.78 is 1.97. The Bertz CT molecular complexity index is 520. The summed E-state index contributed by atoms with van der Waals surface area (Å²) in [5, 5.41) is 5.21. The Morgan fingerprint density at radius 2 is 2.47 bits per heavy atom. The van der Waals surface area contributed by atoms with Gasteiger partial charge in [-0.25, -0.2) is 4.98 Å². The van der Waals surface area contributed by atoms with Gasteiger partial charge in [-0.2, -0.15) is 0 Å². The van der Waals surface area contributed by atoms with Crippen molar-refractivity contribution in [1.29, 1.82) is 0 Å². The van der Waals surface area contributed by atoms with Gasteiger partial charge in [0.15, 0.2) is 0 Å². The Kier molecular flexibility index (Phi) is 4.70. The monoisotopic (exact) mass is 278 g/mol. The lowest BCUT2D eigenvalue weighted by atomic mass is 10.2. The lowest BCUT2D eigenvalue weighted by molar-refractivity contribution is -0.120. The van der Waals surface area contributed by atoms with Crippen LogP contribution in [0.1, 0.15) is 30.0 Å². The van der Waals surface area contributed by atoms with E-state index < -0.39 is 6.04 Å². The highest BCUT2D eigenvalue weighted by molar-refractivity contribution is 7.09. The van der Waals surface area contributed by atoms with Gasteiger partial charge < -0.3 is 10.3 Å². The van der Waals surface area contributed by atoms with Gasteiger partial charge in [-0.1, -0.05) is 13.0 Å². The normalized spacial score (nSPS) is 12.5. The molecule has 1 atom stereocenters. The molecule has 19 heavy (non-hydrogen) atoms. The van der Waals surface area contributed by atoms with E-state index in [0.717, 1.165) is 18.7 Å². The molecule has 0 bridgehead atoms. The Morgan fingerprint density at radius 1 is 1.63 bits per heavy atom. The second-order valence-corrected chi connectivity index (χ2v) is 5.34. The molecule has 2 aromatic rings. The predicted octanol–water partition coefficient (Wildman–Crippen LogP) is 1.67. The third-order valence-electron chi connectivity index (χ3n) is 2.85. The first-order chi connectivity index (χ1) is 9.22. The minimum atomic E-state index is -0.504. The van der Waals surface area contributed by atoms with E-state index in [4.69, 9.17) is 5.73 Å². The van der Waals surface area contributed by atoms with Crippen molar-refractivity contribution in [3.63, 3.8) is 0 Å². The average Bonchev–Trinajstić information content (AvgIpc) is 3.02. The van der Waals surface area contributed by atoms with Gasteiger partial charge in [0, 0.05) is 18.0 Å². The van der Waals surface area contributed by atoms with E-state index in [1.165, 1.54) is 4.88 Å². The molecule has 5 nitrogen and oxygen atoms in total. The number of rotatable bonds is 7. The van der Waals surface area contributed by atoms with Crippen LogP contribution >= 0.6 is 11.3 Å². The third kappa shape index (κ3) is 3.42. The molecule has 0 saturated carbocycles. The SMILES string of the molecule is CCCn1cncc1C(NCc1cccs1)C(N)=O. The van der Waals surface area contributed by atoms with Gasteiger partial charge in [0.1, 0.15) is 6.04 Å². The summed E-state index contributed by atoms with van der Waals surface area (Å²) in [7, 11) is 0. The van der Waals surface area contributed by atoms with Crippen molar-refractivity contribution in [2.75, 3.05) is 0 Å². The van der Waals surface area contributed by atoms with Gasteiger partial charge >= 0.3 is 0 Å². The Morgan fingerprint density at radius 3 is 3.11 bits per heavy atom. The minimum absolute atomic E-state index is 0.380. The number of nitrogens with two attached hydrogens (primary N) is 1. The van der Waals surface area contributed by atoms with Crippen molar-refractivity contribution in [1.82, 2.24) is 14.9 Å². The second-order valence-electron chi connectivity index (χ2n) is 4.31. The van der Waals surface area contributed by atoms with E-state index in [1.807, 2.05) is 22.1 Å². The number of carbonyl (C=O) groups excluding carboxylic acids is 1. The number of carbonyl (C=O) groups is 1. The van der Waals surface area contributed by atoms with Crippen LogP contribution in [0.3, 0.4) is 0 Å². The first-order valence-electron chi connectivity index (χ1n) is 6.27. The quantitative estimate of drug-likeness (QED) is 0.809. The number of thiophene rings is 1. The van der Waals surface area contributed by atoms with Crippen molar-refractivity contribution in [3.8, 4) is 0 Å². The summed E-state index contributed by atoms with van der Waals surface area (Å²) in [6.07, 6.45) is 4.42. The number of imidazole rings is 1. The summed E-state index contributed by atoms with van der Waals surface area (Å²) in [6, 6.07) is 3.51. The summed E-state index contributed by atoms with van der Waals surface area (Å²) in [4.78, 5) is 16.9. The van der Waals surface area contributed by atoms with Gasteiger partial charge in [-0.15, -0.1) is 11.3 Å². The number of aromatic nitrogens is 2. The second kappa shape index (κ2) is 6.49. The fourth-order valence-electron chi connectivity index (χ4n) is 1.97. The maximum Gasteiger partial charge on any atom is 0.240 e. The van der Waals surface area contributed by atoms with Gasteiger partial charge in [0.25, 0.3) is 0 Å². The molecule has 0 saturated heterocycles. The lowest BCUT2D eigenvalue weighted by Gasteiger charge is -2.16. The van der Waals surface area contributed by atoms with Crippen molar-refractivity contribution in [3.05, 3.63) is 40.6 Å². The molecule has 6 heteroatoms. The molecule has 0 radical (unpaired) electrons. The Balaban J connectivity index is 2.10. The zero-order valence-corrected chi connectivity index (χ0v) is 11.7. The molecule has 0 aliphatic heterocycles. The van der Waals surface area contributed by atoms with Crippen LogP contribution < -0.4 is 11.1 Å². The molecular weight excluding hydrogens is 260 g/mol. The van der Waals surface area contributed by atoms with Crippen LogP contribution in [0, 0.1) is 0 Å². The Hall–Kier alpha value is -1.66. The number of nitrogens with one attached hydrogen (secondary N) is 1. The molecule has 1 amide bonds. The van der Waals surface area contributed by atoms with Crippen molar-refractivity contribution >= 4 is 17.2 Å². The molecule has 2 aromatic heterocycles. The van der Waals surface area contributed by atoms with Crippen molar-refractivity contribution in [2.45, 2.75) is 32.5 Å². The van der Waals surface area contributed by atoms with Crippen LogP contribution in [0.5, 0.6) is 0 Å². The predicted molar refractivity (Wildman–Crippen MR) is 75.6 cm³/mol. The third-order valence-corrected chi connectivity index (χ3v) is 3.73. The van der Waals surface area contributed by atoms with E-state index in [0.29, 0.717) is 6.54 Å². The highest BCUT2D eigenvalue weighted by Crippen LogP contribution is 2.15. The summed E-state index contributed by atoms with van der Waals surface area (Å²) >= 11 is 1.65. The molecule has 0 fully saturated rings. The van der Waals surface area contributed by atoms with Gasteiger partial charge in [-0.3, -0.25) is 10.1 Å². The standard InChI is InChI=1S/C13H18N4OS/c1-2-5-17-9-15-8-11(17)12(13(14)18)16-7-10-4-3-6-19-10/h3-4,6,8-9,12,16H,2,5,7H2,1H3,(H2,14,18). The number of nitrogens with zero attached hydrogens (tertiary/aromatic N) is 2. The van der Waals surface area contributed by atoms with Crippen LogP contribution in [0.15, 0.2) is 30.0 Å². The van der Waals surface area contributed by atoms with E-state index >= 15 is 0 Å². The topological polar surface area (TPSA) is 72.9 Å². The number of amides is 1. The fraction of sp³-hybridized carbons (Fsp3) is 0.385. The van der Waals surface area contributed by atoms with Gasteiger partial charge in [0.05, 0.1) is 18.2 Å². The molecule has 3 N–H and O–H groups in total. The van der Waals surface area contributed by atoms with Crippen LogP contribution in [0.25, 0.3) is 0 Å². The van der Waals surface area contributed by atoms with Crippen molar-refractivity contribution in [2.24, 2.45) is 5.73 Å². The van der Waals surface area contributed by atoms with E-state index in [2.05, 4.69) is 17.2 Å². The highest BCUT2D eigenvalue weighted by Gasteiger charge is 2.21. The maximum atomic E-state index is 11.6. The number of hydrogen-bond acceptors (Lipinski definition) is 4. The molecule has 2 rings (SSSR count). The van der Waals surface area contributed by atoms with E-state index in [1.54, 1.807) is 23.9 Å². The summed E-state index contributed by atoms with van der Waals surface area (Å²) in [5.41, 5.74) is 6.32. The Labute approximate surface area is 116 Å². The number of primary amides is 1. The largest absolute Gasteiger partial charge is 0.368 e. The summed E-state index contributed by atoms with van der Waals surface area (Å²) in [6.45, 7) is 3.55. The first kappa shape index (κ1) is 13.8. The molecule has 1 unspecified atom stereocenters. The van der Waals surface area contributed by atoms with E-state index in [9.17, 15) is 4.79 Å². The highest BCUT2D eigenvalue weighted by atomic mass is 32.1. The molecule has 102 valence electrons. The van der Waals surface area contributed by atoms with E-state index in [-0.39, 0.29) is 5.91 Å². The summed E-state index contributed by atoms with van der Waals surface area (Å²) in [5.74, 6) is -0.380. The van der Waals surface area contributed by atoms with Crippen LogP contribution in [0.2, 0.25) is 0 Å². The maximum absolute atomic E-state index is 11.6. The fourth-order valence-corrected chi connectivity index (χ4v) is 2.62. The van der Waals surface area contributed by atoms with Gasteiger partial charge in [-0.05, 0) is 17.9 Å².